The molecule has 2 aromatic heterocycles. The second-order valence-corrected chi connectivity index (χ2v) is 2.26. The Balaban J connectivity index is 2.82. The fourth-order valence-electron chi connectivity index (χ4n) is 0.910. The van der Waals surface area contributed by atoms with Crippen molar-refractivity contribution < 1.29 is 0 Å². The maximum absolute atomic E-state index is 5.47. The molecule has 0 aromatic carbocycles. The number of nitrogen functional groups attached to an aromatic ring is 2. The Morgan fingerprint density at radius 1 is 1.36 bits per heavy atom. The molecular weight excluding hydrogens is 142 g/mol. The highest BCUT2D eigenvalue weighted by atomic mass is 15.3. The summed E-state index contributed by atoms with van der Waals surface area (Å²) in [6, 6.07) is 1.68. The average Bonchev–Trinajstić information content (AvgIpc) is 2.27. The molecule has 5 heteroatoms. The van der Waals surface area contributed by atoms with Crippen LogP contribution in [0.5, 0.6) is 0 Å². The molecule has 0 aliphatic rings. The van der Waals surface area contributed by atoms with Gasteiger partial charge < -0.3 is 11.5 Å². The molecular formula is C6H7N5. The van der Waals surface area contributed by atoms with Crippen LogP contribution in [0, 0.1) is 0 Å². The summed E-state index contributed by atoms with van der Waals surface area (Å²) >= 11 is 0. The zero-order valence-corrected chi connectivity index (χ0v) is 5.73. The van der Waals surface area contributed by atoms with Gasteiger partial charge in [0.15, 0.2) is 5.65 Å². The summed E-state index contributed by atoms with van der Waals surface area (Å²) in [5.74, 6) is 0.447. The first-order valence-electron chi connectivity index (χ1n) is 3.12. The van der Waals surface area contributed by atoms with Gasteiger partial charge >= 0.3 is 0 Å². The average molecular weight is 149 g/mol. The van der Waals surface area contributed by atoms with E-state index >= 15 is 0 Å². The van der Waals surface area contributed by atoms with Crippen LogP contribution in [-0.2, 0) is 0 Å². The Kier molecular flexibility index (Phi) is 1.00. The van der Waals surface area contributed by atoms with Gasteiger partial charge in [0.05, 0.1) is 18.1 Å². The largest absolute Gasteiger partial charge is 0.396 e. The van der Waals surface area contributed by atoms with E-state index < -0.39 is 0 Å². The highest BCUT2D eigenvalue weighted by Crippen LogP contribution is 2.06. The molecule has 56 valence electrons. The molecule has 0 saturated heterocycles. The predicted octanol–water partition coefficient (Wildman–Crippen LogP) is -0.106. The van der Waals surface area contributed by atoms with Crippen LogP contribution < -0.4 is 11.5 Å². The van der Waals surface area contributed by atoms with E-state index in [9.17, 15) is 0 Å². The Hall–Kier alpha value is -1.78. The van der Waals surface area contributed by atoms with Gasteiger partial charge in [0, 0.05) is 6.07 Å². The van der Waals surface area contributed by atoms with Crippen LogP contribution in [0.1, 0.15) is 0 Å². The van der Waals surface area contributed by atoms with E-state index in [1.807, 2.05) is 0 Å². The molecule has 0 saturated carbocycles. The quantitative estimate of drug-likeness (QED) is 0.547. The monoisotopic (exact) mass is 149 g/mol. The lowest BCUT2D eigenvalue weighted by Gasteiger charge is -1.91. The molecule has 0 aliphatic carbocycles. The van der Waals surface area contributed by atoms with Gasteiger partial charge in [0.2, 0.25) is 0 Å². The molecule has 0 radical (unpaired) electrons. The van der Waals surface area contributed by atoms with Gasteiger partial charge in [-0.05, 0) is 0 Å². The first kappa shape index (κ1) is 5.96. The molecule has 0 atom stereocenters. The molecule has 5 nitrogen and oxygen atoms in total. The summed E-state index contributed by atoms with van der Waals surface area (Å²) in [7, 11) is 0. The third-order valence-electron chi connectivity index (χ3n) is 1.35. The second-order valence-electron chi connectivity index (χ2n) is 2.26. The van der Waals surface area contributed by atoms with Crippen LogP contribution in [-0.4, -0.2) is 14.6 Å². The van der Waals surface area contributed by atoms with Gasteiger partial charge in [-0.25, -0.2) is 9.50 Å². The van der Waals surface area contributed by atoms with Crippen LogP contribution in [0.25, 0.3) is 5.65 Å². The maximum atomic E-state index is 5.47. The summed E-state index contributed by atoms with van der Waals surface area (Å²) in [4.78, 5) is 4.00. The Bertz CT molecular complexity index is 391. The first-order valence-corrected chi connectivity index (χ1v) is 3.12. The minimum Gasteiger partial charge on any atom is -0.396 e. The minimum atomic E-state index is 0.447. The maximum Gasteiger partial charge on any atom is 0.157 e. The van der Waals surface area contributed by atoms with Crippen molar-refractivity contribution in [3.05, 3.63) is 18.5 Å². The number of anilines is 2. The zero-order valence-electron chi connectivity index (χ0n) is 5.73. The number of rotatable bonds is 0. The highest BCUT2D eigenvalue weighted by Gasteiger charge is 1.97. The molecule has 0 aliphatic heterocycles. The van der Waals surface area contributed by atoms with Gasteiger partial charge in [0.25, 0.3) is 0 Å². The van der Waals surface area contributed by atoms with Crippen molar-refractivity contribution in [2.75, 3.05) is 11.5 Å². The van der Waals surface area contributed by atoms with E-state index in [0.29, 0.717) is 17.2 Å². The predicted molar refractivity (Wildman–Crippen MR) is 41.8 cm³/mol. The molecule has 4 N–H and O–H groups in total. The molecule has 0 unspecified atom stereocenters. The molecule has 11 heavy (non-hydrogen) atoms. The Morgan fingerprint density at radius 3 is 3.00 bits per heavy atom. The Morgan fingerprint density at radius 2 is 2.18 bits per heavy atom. The summed E-state index contributed by atoms with van der Waals surface area (Å²) in [6.45, 7) is 0. The molecule has 0 fully saturated rings. The van der Waals surface area contributed by atoms with Crippen LogP contribution in [0.15, 0.2) is 18.5 Å². The standard InChI is InChI=1S/C6H7N5/c7-4-2-9-6-1-5(8)10-11(6)3-4/h1-3H,7H2,(H2,8,10). The topological polar surface area (TPSA) is 82.2 Å². The van der Waals surface area contributed by atoms with Crippen LogP contribution >= 0.6 is 0 Å². The van der Waals surface area contributed by atoms with Crippen molar-refractivity contribution >= 4 is 17.2 Å². The van der Waals surface area contributed by atoms with Crippen molar-refractivity contribution in [3.8, 4) is 0 Å². The number of hydrogen-bond acceptors (Lipinski definition) is 4. The van der Waals surface area contributed by atoms with Crippen molar-refractivity contribution in [1.29, 1.82) is 0 Å². The number of hydrogen-bond donors (Lipinski definition) is 2. The molecule has 2 heterocycles. The summed E-state index contributed by atoms with van der Waals surface area (Å²) < 4.78 is 1.55. The van der Waals surface area contributed by atoms with Crippen LogP contribution in [0.2, 0.25) is 0 Å². The summed E-state index contributed by atoms with van der Waals surface area (Å²) in [6.07, 6.45) is 3.23. The van der Waals surface area contributed by atoms with Crippen LogP contribution in [0.4, 0.5) is 11.5 Å². The molecule has 0 bridgehead atoms. The molecule has 0 spiro atoms. The number of fused-ring (bicyclic) bond motifs is 1. The lowest BCUT2D eigenvalue weighted by atomic mass is 10.5. The van der Waals surface area contributed by atoms with Crippen molar-refractivity contribution in [3.63, 3.8) is 0 Å². The van der Waals surface area contributed by atoms with Crippen molar-refractivity contribution in [1.82, 2.24) is 14.6 Å². The van der Waals surface area contributed by atoms with Gasteiger partial charge in [-0.2, -0.15) is 0 Å². The normalized spacial score (nSPS) is 10.5. The fraction of sp³-hybridized carbons (Fsp3) is 0. The zero-order chi connectivity index (χ0) is 7.84. The van der Waals surface area contributed by atoms with Crippen LogP contribution in [0.3, 0.4) is 0 Å². The molecule has 2 aromatic rings. The first-order chi connectivity index (χ1) is 5.25. The number of nitrogens with zero attached hydrogens (tertiary/aromatic N) is 3. The summed E-state index contributed by atoms with van der Waals surface area (Å²) in [5, 5.41) is 3.93. The SMILES string of the molecule is Nc1cnc2cc(N)nn2c1. The van der Waals surface area contributed by atoms with E-state index in [2.05, 4.69) is 10.1 Å². The van der Waals surface area contributed by atoms with E-state index in [1.54, 1.807) is 23.0 Å². The van der Waals surface area contributed by atoms with Gasteiger partial charge in [-0.15, -0.1) is 5.10 Å². The molecule has 0 amide bonds. The minimum absolute atomic E-state index is 0.447. The van der Waals surface area contributed by atoms with Gasteiger partial charge in [0.1, 0.15) is 5.82 Å². The van der Waals surface area contributed by atoms with Gasteiger partial charge in [-0.3, -0.25) is 0 Å². The molecule has 2 rings (SSSR count). The second kappa shape index (κ2) is 1.85. The summed E-state index contributed by atoms with van der Waals surface area (Å²) in [5.41, 5.74) is 12.2. The van der Waals surface area contributed by atoms with E-state index in [4.69, 9.17) is 11.5 Å². The smallest absolute Gasteiger partial charge is 0.157 e. The van der Waals surface area contributed by atoms with E-state index in [0.717, 1.165) is 0 Å². The third kappa shape index (κ3) is 0.861. The number of nitrogens with two attached hydrogens (primary N) is 2. The van der Waals surface area contributed by atoms with Gasteiger partial charge in [-0.1, -0.05) is 0 Å². The number of aromatic nitrogens is 3. The lowest BCUT2D eigenvalue weighted by Crippen LogP contribution is -1.94. The third-order valence-corrected chi connectivity index (χ3v) is 1.35. The lowest BCUT2D eigenvalue weighted by molar-refractivity contribution is 0.948. The Labute approximate surface area is 62.6 Å². The van der Waals surface area contributed by atoms with E-state index in [-0.39, 0.29) is 0 Å². The van der Waals surface area contributed by atoms with Crippen molar-refractivity contribution in [2.24, 2.45) is 0 Å². The van der Waals surface area contributed by atoms with E-state index in [1.165, 1.54) is 0 Å². The van der Waals surface area contributed by atoms with Crippen molar-refractivity contribution in [2.45, 2.75) is 0 Å². The fourth-order valence-corrected chi connectivity index (χ4v) is 0.910. The highest BCUT2D eigenvalue weighted by molar-refractivity contribution is 5.50.